The number of amides is 1. The smallest absolute Gasteiger partial charge is 0.236 e. The van der Waals surface area contributed by atoms with E-state index in [2.05, 4.69) is 10.6 Å². The van der Waals surface area contributed by atoms with Crippen molar-refractivity contribution in [3.05, 3.63) is 0 Å². The molecule has 5 nitrogen and oxygen atoms in total. The molecule has 0 spiro atoms. The van der Waals surface area contributed by atoms with Crippen molar-refractivity contribution in [1.82, 2.24) is 10.6 Å². The maximum atomic E-state index is 11.3. The molecule has 2 aliphatic heterocycles. The summed E-state index contributed by atoms with van der Waals surface area (Å²) < 4.78 is 22.6. The summed E-state index contributed by atoms with van der Waals surface area (Å²) in [6, 6.07) is 0.0560. The molecule has 6 heteroatoms. The Labute approximate surface area is 95.9 Å². The van der Waals surface area contributed by atoms with Crippen molar-refractivity contribution < 1.29 is 13.2 Å². The molecule has 92 valence electrons. The van der Waals surface area contributed by atoms with Crippen LogP contribution in [0.4, 0.5) is 0 Å². The van der Waals surface area contributed by atoms with Crippen LogP contribution in [0.25, 0.3) is 0 Å². The van der Waals surface area contributed by atoms with Crippen LogP contribution in [0.15, 0.2) is 0 Å². The van der Waals surface area contributed by atoms with Crippen LogP contribution in [0.5, 0.6) is 0 Å². The summed E-state index contributed by atoms with van der Waals surface area (Å²) in [7, 11) is -2.79. The quantitative estimate of drug-likeness (QED) is 0.641. The summed E-state index contributed by atoms with van der Waals surface area (Å²) in [6.45, 7) is 2.45. The molecule has 0 aliphatic carbocycles. The fourth-order valence-electron chi connectivity index (χ4n) is 2.43. The number of carbonyl (C=O) groups excluding carboxylic acids is 1. The first-order valence-electron chi connectivity index (χ1n) is 5.72. The van der Waals surface area contributed by atoms with E-state index in [1.165, 1.54) is 0 Å². The molecule has 2 rings (SSSR count). The predicted octanol–water partition coefficient (Wildman–Crippen LogP) is -0.712. The first-order valence-corrected chi connectivity index (χ1v) is 7.54. The third kappa shape index (κ3) is 2.55. The highest BCUT2D eigenvalue weighted by atomic mass is 32.2. The molecule has 0 saturated carbocycles. The van der Waals surface area contributed by atoms with E-state index in [0.29, 0.717) is 25.3 Å². The van der Waals surface area contributed by atoms with Crippen molar-refractivity contribution in [3.8, 4) is 0 Å². The van der Waals surface area contributed by atoms with E-state index in [4.69, 9.17) is 0 Å². The van der Waals surface area contributed by atoms with Crippen LogP contribution >= 0.6 is 0 Å². The molecule has 2 N–H and O–H groups in total. The van der Waals surface area contributed by atoms with E-state index in [9.17, 15) is 13.2 Å². The standard InChI is InChI=1S/C10H18N2O3S/c1-7-10(13)11-6-9(12-7)8-2-4-16(14,15)5-3-8/h7-9,12H,2-6H2,1H3,(H,11,13). The summed E-state index contributed by atoms with van der Waals surface area (Å²) in [5.74, 6) is 0.974. The molecular formula is C10H18N2O3S. The van der Waals surface area contributed by atoms with Crippen molar-refractivity contribution >= 4 is 15.7 Å². The van der Waals surface area contributed by atoms with E-state index in [-0.39, 0.29) is 29.5 Å². The van der Waals surface area contributed by atoms with Crippen LogP contribution in [-0.2, 0) is 14.6 Å². The molecule has 0 bridgehead atoms. The fraction of sp³-hybridized carbons (Fsp3) is 0.900. The third-order valence-corrected chi connectivity index (χ3v) is 5.24. The predicted molar refractivity (Wildman–Crippen MR) is 60.8 cm³/mol. The van der Waals surface area contributed by atoms with Crippen molar-refractivity contribution in [2.45, 2.75) is 31.8 Å². The van der Waals surface area contributed by atoms with Gasteiger partial charge in [-0.1, -0.05) is 0 Å². The summed E-state index contributed by atoms with van der Waals surface area (Å²) >= 11 is 0. The lowest BCUT2D eigenvalue weighted by Gasteiger charge is -2.36. The Hall–Kier alpha value is -0.620. The molecule has 2 fully saturated rings. The van der Waals surface area contributed by atoms with Gasteiger partial charge in [-0.3, -0.25) is 4.79 Å². The zero-order chi connectivity index (χ0) is 11.8. The Morgan fingerprint density at radius 2 is 1.88 bits per heavy atom. The normalized spacial score (nSPS) is 35.7. The second kappa shape index (κ2) is 4.33. The van der Waals surface area contributed by atoms with E-state index >= 15 is 0 Å². The first kappa shape index (κ1) is 11.9. The van der Waals surface area contributed by atoms with Gasteiger partial charge in [0.25, 0.3) is 0 Å². The van der Waals surface area contributed by atoms with Gasteiger partial charge >= 0.3 is 0 Å². The Kier molecular flexibility index (Phi) is 3.21. The molecule has 2 unspecified atom stereocenters. The van der Waals surface area contributed by atoms with Gasteiger partial charge in [0.15, 0.2) is 0 Å². The van der Waals surface area contributed by atoms with Crippen LogP contribution in [-0.4, -0.2) is 44.5 Å². The number of nitrogens with one attached hydrogen (secondary N) is 2. The molecule has 2 saturated heterocycles. The second-order valence-corrected chi connectivity index (χ2v) is 7.03. The maximum absolute atomic E-state index is 11.3. The number of rotatable bonds is 1. The molecule has 0 aromatic carbocycles. The molecule has 0 radical (unpaired) electrons. The molecule has 2 aliphatic rings. The van der Waals surface area contributed by atoms with Gasteiger partial charge in [0.2, 0.25) is 5.91 Å². The molecule has 0 aromatic rings. The SMILES string of the molecule is CC1NC(C2CCS(=O)(=O)CC2)CNC1=O. The highest BCUT2D eigenvalue weighted by Gasteiger charge is 2.33. The van der Waals surface area contributed by atoms with E-state index in [1.807, 2.05) is 6.92 Å². The van der Waals surface area contributed by atoms with Gasteiger partial charge in [-0.25, -0.2) is 8.42 Å². The van der Waals surface area contributed by atoms with Crippen LogP contribution in [0.3, 0.4) is 0 Å². The highest BCUT2D eigenvalue weighted by molar-refractivity contribution is 7.91. The maximum Gasteiger partial charge on any atom is 0.236 e. The number of hydrogen-bond acceptors (Lipinski definition) is 4. The zero-order valence-corrected chi connectivity index (χ0v) is 10.2. The van der Waals surface area contributed by atoms with Gasteiger partial charge < -0.3 is 10.6 Å². The zero-order valence-electron chi connectivity index (χ0n) is 9.40. The third-order valence-electron chi connectivity index (χ3n) is 3.52. The Morgan fingerprint density at radius 3 is 2.44 bits per heavy atom. The minimum absolute atomic E-state index is 0.0275. The topological polar surface area (TPSA) is 75.3 Å². The van der Waals surface area contributed by atoms with Crippen molar-refractivity contribution in [2.75, 3.05) is 18.1 Å². The number of carbonyl (C=O) groups is 1. The molecular weight excluding hydrogens is 228 g/mol. The summed E-state index contributed by atoms with van der Waals surface area (Å²) in [6.07, 6.45) is 1.42. The van der Waals surface area contributed by atoms with E-state index in [0.717, 1.165) is 0 Å². The highest BCUT2D eigenvalue weighted by Crippen LogP contribution is 2.23. The number of sulfone groups is 1. The first-order chi connectivity index (χ1) is 7.48. The van der Waals surface area contributed by atoms with Gasteiger partial charge in [-0.2, -0.15) is 0 Å². The summed E-state index contributed by atoms with van der Waals surface area (Å²) in [4.78, 5) is 11.3. The monoisotopic (exact) mass is 246 g/mol. The van der Waals surface area contributed by atoms with E-state index in [1.54, 1.807) is 0 Å². The van der Waals surface area contributed by atoms with E-state index < -0.39 is 9.84 Å². The van der Waals surface area contributed by atoms with Gasteiger partial charge in [0.1, 0.15) is 9.84 Å². The lowest BCUT2D eigenvalue weighted by atomic mass is 9.91. The number of piperazine rings is 1. The van der Waals surface area contributed by atoms with Gasteiger partial charge in [-0.15, -0.1) is 0 Å². The summed E-state index contributed by atoms with van der Waals surface area (Å²) in [5, 5.41) is 6.11. The minimum atomic E-state index is -2.79. The number of hydrogen-bond donors (Lipinski definition) is 2. The van der Waals surface area contributed by atoms with Gasteiger partial charge in [-0.05, 0) is 25.7 Å². The second-order valence-electron chi connectivity index (χ2n) is 4.73. The Morgan fingerprint density at radius 1 is 1.25 bits per heavy atom. The summed E-state index contributed by atoms with van der Waals surface area (Å²) in [5.41, 5.74) is 0. The molecule has 0 aromatic heterocycles. The van der Waals surface area contributed by atoms with Crippen LogP contribution in [0, 0.1) is 5.92 Å². The minimum Gasteiger partial charge on any atom is -0.353 e. The largest absolute Gasteiger partial charge is 0.353 e. The average Bonchev–Trinajstić information content (AvgIpc) is 2.22. The molecule has 2 heterocycles. The van der Waals surface area contributed by atoms with Crippen LogP contribution in [0.2, 0.25) is 0 Å². The lowest BCUT2D eigenvalue weighted by Crippen LogP contribution is -2.60. The average molecular weight is 246 g/mol. The van der Waals surface area contributed by atoms with Gasteiger partial charge in [0, 0.05) is 12.6 Å². The van der Waals surface area contributed by atoms with Crippen molar-refractivity contribution in [1.29, 1.82) is 0 Å². The van der Waals surface area contributed by atoms with Crippen LogP contribution < -0.4 is 10.6 Å². The fourth-order valence-corrected chi connectivity index (χ4v) is 3.96. The van der Waals surface area contributed by atoms with Crippen LogP contribution in [0.1, 0.15) is 19.8 Å². The lowest BCUT2D eigenvalue weighted by molar-refractivity contribution is -0.124. The molecule has 1 amide bonds. The molecule has 16 heavy (non-hydrogen) atoms. The van der Waals surface area contributed by atoms with Crippen molar-refractivity contribution in [2.24, 2.45) is 5.92 Å². The van der Waals surface area contributed by atoms with Gasteiger partial charge in [0.05, 0.1) is 17.5 Å². The van der Waals surface area contributed by atoms with Crippen molar-refractivity contribution in [3.63, 3.8) is 0 Å². The Balaban J connectivity index is 1.92. The Bertz CT molecular complexity index is 366. The molecule has 2 atom stereocenters.